The van der Waals surface area contributed by atoms with E-state index in [9.17, 15) is 9.59 Å². The maximum atomic E-state index is 14.0. The van der Waals surface area contributed by atoms with Crippen molar-refractivity contribution < 1.29 is 19.1 Å². The molecule has 2 saturated heterocycles. The zero-order chi connectivity index (χ0) is 36.4. The van der Waals surface area contributed by atoms with Crippen LogP contribution in [0.25, 0.3) is 33.6 Å². The summed E-state index contributed by atoms with van der Waals surface area (Å²) in [5.74, 6) is 2.51. The molecule has 2 aliphatic rings. The van der Waals surface area contributed by atoms with Gasteiger partial charge in [-0.25, -0.2) is 9.97 Å². The lowest BCUT2D eigenvalue weighted by molar-refractivity contribution is -0.134. The van der Waals surface area contributed by atoms with E-state index in [0.29, 0.717) is 18.3 Å². The summed E-state index contributed by atoms with van der Waals surface area (Å²) in [6.45, 7) is 5.41. The fourth-order valence-electron chi connectivity index (χ4n) is 7.07. The number of carbonyl (C=O) groups is 2. The quantitative estimate of drug-likeness (QED) is 0.0702. The van der Waals surface area contributed by atoms with Crippen LogP contribution in [0, 0.1) is 5.92 Å². The van der Waals surface area contributed by atoms with Crippen molar-refractivity contribution in [2.75, 3.05) is 32.6 Å². The van der Waals surface area contributed by atoms with Gasteiger partial charge in [0.1, 0.15) is 17.7 Å². The molecule has 2 aliphatic heterocycles. The molecule has 0 aliphatic carbocycles. The van der Waals surface area contributed by atoms with Gasteiger partial charge in [-0.05, 0) is 53.9 Å². The van der Waals surface area contributed by atoms with Gasteiger partial charge in [-0.1, -0.05) is 62.4 Å². The van der Waals surface area contributed by atoms with Crippen LogP contribution in [-0.2, 0) is 4.79 Å². The van der Waals surface area contributed by atoms with Crippen LogP contribution in [0.2, 0.25) is 0 Å². The molecule has 0 radical (unpaired) electrons. The largest absolute Gasteiger partial charge is 0.481 e. The summed E-state index contributed by atoms with van der Waals surface area (Å²) >= 11 is 1.86. The third kappa shape index (κ3) is 7.34. The molecule has 3 aromatic heterocycles. The van der Waals surface area contributed by atoms with Gasteiger partial charge in [0.25, 0.3) is 3.91 Å². The Bertz CT molecular complexity index is 2010. The van der Waals surface area contributed by atoms with Gasteiger partial charge in [0, 0.05) is 35.7 Å². The van der Waals surface area contributed by atoms with Gasteiger partial charge in [-0.2, -0.15) is 9.97 Å². The van der Waals surface area contributed by atoms with Gasteiger partial charge < -0.3 is 34.6 Å². The van der Waals surface area contributed by atoms with E-state index >= 15 is 0 Å². The van der Waals surface area contributed by atoms with E-state index in [1.54, 1.807) is 6.07 Å². The first-order valence-corrected chi connectivity index (χ1v) is 18.6. The Hall–Kier alpha value is -4.99. The molecule has 7 rings (SSSR count). The molecule has 2 aromatic carbocycles. The maximum Gasteiger partial charge on any atom is 0.283 e. The van der Waals surface area contributed by atoms with Crippen LogP contribution in [0.3, 0.4) is 0 Å². The minimum absolute atomic E-state index is 0.00686. The summed E-state index contributed by atoms with van der Waals surface area (Å²) in [5.41, 5.74) is 6.08. The molecule has 52 heavy (non-hydrogen) atoms. The number of hydrogen-bond acceptors (Lipinski definition) is 9. The fourth-order valence-corrected chi connectivity index (χ4v) is 7.65. The highest BCUT2D eigenvalue weighted by Gasteiger charge is 2.37. The van der Waals surface area contributed by atoms with Crippen molar-refractivity contribution in [2.24, 2.45) is 5.92 Å². The summed E-state index contributed by atoms with van der Waals surface area (Å²) in [7, 11) is 3.05. The van der Waals surface area contributed by atoms with Crippen LogP contribution in [0.15, 0.2) is 67.0 Å². The molecule has 5 aromatic rings. The highest BCUT2D eigenvalue weighted by atomic mass is 127. The number of imidazole rings is 2. The minimum atomic E-state index is -0.555. The molecule has 0 saturated carbocycles. The van der Waals surface area contributed by atoms with Crippen LogP contribution < -0.4 is 14.8 Å². The number of amides is 2. The molecule has 3 atom stereocenters. The SMILES string of the molecule is COc1cc(OC)nc(N[C@H](C(=O)N2CCC[C@H]2c2ncc(-c3ccc(-c4ccc(-c5cnc([C@@H]6CCCN6C(=O)I)[nH]5)cc4)cc3)[nH]2)C(C)C)n1. The van der Waals surface area contributed by atoms with Crippen molar-refractivity contribution in [3.63, 3.8) is 0 Å². The van der Waals surface area contributed by atoms with E-state index in [-0.39, 0.29) is 33.8 Å². The van der Waals surface area contributed by atoms with Crippen molar-refractivity contribution in [1.82, 2.24) is 39.7 Å². The van der Waals surface area contributed by atoms with E-state index in [2.05, 4.69) is 78.8 Å². The number of benzene rings is 2. The molecule has 0 unspecified atom stereocenters. The first-order chi connectivity index (χ1) is 25.2. The van der Waals surface area contributed by atoms with Crippen molar-refractivity contribution in [1.29, 1.82) is 0 Å². The van der Waals surface area contributed by atoms with Crippen LogP contribution in [0.5, 0.6) is 11.8 Å². The number of rotatable bonds is 11. The van der Waals surface area contributed by atoms with Gasteiger partial charge in [-0.3, -0.25) is 9.59 Å². The summed E-state index contributed by atoms with van der Waals surface area (Å²) in [6, 6.07) is 17.7. The Morgan fingerprint density at radius 2 is 1.23 bits per heavy atom. The number of H-pyrrole nitrogens is 2. The predicted octanol–water partition coefficient (Wildman–Crippen LogP) is 7.43. The number of aromatic nitrogens is 6. The maximum absolute atomic E-state index is 14.0. The number of methoxy groups -OCH3 is 2. The number of anilines is 1. The topological polar surface area (TPSA) is 154 Å². The Labute approximate surface area is 316 Å². The number of aromatic amines is 2. The summed E-state index contributed by atoms with van der Waals surface area (Å²) in [4.78, 5) is 54.9. The van der Waals surface area contributed by atoms with Crippen LogP contribution in [0.4, 0.5) is 10.7 Å². The number of halogens is 1. The number of carbonyl (C=O) groups excluding carboxylic acids is 2. The second-order valence-corrected chi connectivity index (χ2v) is 14.4. The summed E-state index contributed by atoms with van der Waals surface area (Å²) in [5, 5.41) is 3.23. The van der Waals surface area contributed by atoms with E-state index in [1.165, 1.54) is 14.2 Å². The highest BCUT2D eigenvalue weighted by molar-refractivity contribution is 14.1. The van der Waals surface area contributed by atoms with E-state index < -0.39 is 6.04 Å². The first kappa shape index (κ1) is 35.4. The number of nitrogens with one attached hydrogen (secondary N) is 3. The Morgan fingerprint density at radius 3 is 1.69 bits per heavy atom. The third-order valence-electron chi connectivity index (χ3n) is 9.88. The van der Waals surface area contributed by atoms with Gasteiger partial charge in [0.2, 0.25) is 23.6 Å². The molecule has 0 spiro atoms. The molecule has 2 amide bonds. The second-order valence-electron chi connectivity index (χ2n) is 13.5. The van der Waals surface area contributed by atoms with Gasteiger partial charge in [-0.15, -0.1) is 0 Å². The van der Waals surface area contributed by atoms with Gasteiger partial charge in [0.05, 0.1) is 56.2 Å². The van der Waals surface area contributed by atoms with E-state index in [4.69, 9.17) is 14.5 Å². The number of ether oxygens (including phenoxy) is 2. The van der Waals surface area contributed by atoms with Crippen molar-refractivity contribution in [3.8, 4) is 45.4 Å². The molecular formula is C38H42IN9O4. The molecular weight excluding hydrogens is 773 g/mol. The molecule has 13 nitrogen and oxygen atoms in total. The third-order valence-corrected chi connectivity index (χ3v) is 10.5. The number of hydrogen-bond donors (Lipinski definition) is 3. The average molecular weight is 816 g/mol. The number of likely N-dealkylation sites (tertiary alicyclic amines) is 2. The van der Waals surface area contributed by atoms with E-state index in [1.807, 2.05) is 58.6 Å². The first-order valence-electron chi connectivity index (χ1n) is 17.5. The number of nitrogens with zero attached hydrogens (tertiary/aromatic N) is 6. The standard InChI is InChI=1S/C38H42IN9O4/c1-22(2)33(46-38-44-31(51-3)19-32(45-38)52-4)36(49)47-17-5-7-29(47)34-40-20-27(42-34)25-13-9-23(10-14-25)24-11-15-26(16-12-24)28-21-41-35(43-28)30-8-6-18-48(30)37(39)50/h9-16,19-22,29-30,33H,5-8,17-18H2,1-4H3,(H,40,42)(H,41,43)(H,44,45,46)/t29-,30-,33-/m0/s1. The lowest BCUT2D eigenvalue weighted by Crippen LogP contribution is -2.45. The molecule has 2 fully saturated rings. The highest BCUT2D eigenvalue weighted by Crippen LogP contribution is 2.35. The smallest absolute Gasteiger partial charge is 0.283 e. The van der Waals surface area contributed by atoms with Gasteiger partial charge in [0.15, 0.2) is 0 Å². The summed E-state index contributed by atoms with van der Waals surface area (Å²) < 4.78 is 10.6. The molecule has 3 N–H and O–H groups in total. The normalized spacial score (nSPS) is 17.8. The summed E-state index contributed by atoms with van der Waals surface area (Å²) in [6.07, 6.45) is 7.30. The van der Waals surface area contributed by atoms with Crippen LogP contribution in [0.1, 0.15) is 63.3 Å². The predicted molar refractivity (Wildman–Crippen MR) is 206 cm³/mol. The van der Waals surface area contributed by atoms with Crippen molar-refractivity contribution >= 4 is 38.4 Å². The monoisotopic (exact) mass is 815 g/mol. The lowest BCUT2D eigenvalue weighted by atomic mass is 10.0. The molecule has 5 heterocycles. The Balaban J connectivity index is 1.02. The minimum Gasteiger partial charge on any atom is -0.481 e. The Kier molecular flexibility index (Phi) is 10.4. The lowest BCUT2D eigenvalue weighted by Gasteiger charge is -2.30. The van der Waals surface area contributed by atoms with Gasteiger partial charge >= 0.3 is 0 Å². The van der Waals surface area contributed by atoms with Crippen LogP contribution >= 0.6 is 22.6 Å². The Morgan fingerprint density at radius 1 is 0.769 bits per heavy atom. The van der Waals surface area contributed by atoms with E-state index in [0.717, 1.165) is 77.5 Å². The second kappa shape index (κ2) is 15.3. The average Bonchev–Trinajstić information content (AvgIpc) is 4.00. The molecule has 0 bridgehead atoms. The zero-order valence-corrected chi connectivity index (χ0v) is 31.8. The van der Waals surface area contributed by atoms with Crippen molar-refractivity contribution in [3.05, 3.63) is 78.6 Å². The molecule has 14 heteroatoms. The molecule has 270 valence electrons. The zero-order valence-electron chi connectivity index (χ0n) is 29.6. The fraction of sp³-hybridized carbons (Fsp3) is 0.368. The van der Waals surface area contributed by atoms with Crippen LogP contribution in [-0.4, -0.2) is 82.9 Å². The van der Waals surface area contributed by atoms with Crippen molar-refractivity contribution in [2.45, 2.75) is 57.7 Å².